The van der Waals surface area contributed by atoms with Crippen LogP contribution < -0.4 is 9.80 Å². The number of likely N-dealkylation sites (N-methyl/N-ethyl adjacent to an activating group) is 1. The van der Waals surface area contributed by atoms with Crippen LogP contribution in [0, 0.1) is 0 Å². The van der Waals surface area contributed by atoms with E-state index in [-0.39, 0.29) is 18.2 Å². The second kappa shape index (κ2) is 5.95. The quantitative estimate of drug-likeness (QED) is 0.855. The van der Waals surface area contributed by atoms with E-state index in [1.54, 1.807) is 30.3 Å². The Kier molecular flexibility index (Phi) is 3.96. The molecule has 0 atom stereocenters. The molecule has 7 nitrogen and oxygen atoms in total. The molecule has 2 aromatic rings. The average Bonchev–Trinajstić information content (AvgIpc) is 3.05. The van der Waals surface area contributed by atoms with Gasteiger partial charge >= 0.3 is 12.1 Å². The van der Waals surface area contributed by atoms with E-state index in [0.29, 0.717) is 17.9 Å². The number of hydrogen-bond donors (Lipinski definition) is 1. The number of alkyl halides is 3. The third-order valence-corrected chi connectivity index (χ3v) is 3.55. The molecule has 126 valence electrons. The lowest BCUT2D eigenvalue weighted by atomic mass is 10.1. The highest BCUT2D eigenvalue weighted by atomic mass is 19.4. The van der Waals surface area contributed by atoms with E-state index in [2.05, 4.69) is 20.2 Å². The number of aromatic nitrogens is 2. The Balaban J connectivity index is 1.96. The van der Waals surface area contributed by atoms with Crippen LogP contribution in [0.3, 0.4) is 0 Å². The normalized spacial score (nSPS) is 15.0. The molecular weight excluding hydrogens is 325 g/mol. The summed E-state index contributed by atoms with van der Waals surface area (Å²) >= 11 is 0. The summed E-state index contributed by atoms with van der Waals surface area (Å²) in [6.45, 7) is 0.253. The number of nitrogens with one attached hydrogen (secondary N) is 1. The number of aromatic amines is 1. The monoisotopic (exact) mass is 338 g/mol. The Morgan fingerprint density at radius 2 is 2.04 bits per heavy atom. The summed E-state index contributed by atoms with van der Waals surface area (Å²) in [5.74, 6) is -1.62. The van der Waals surface area contributed by atoms with Crippen molar-refractivity contribution < 1.29 is 18.0 Å². The second-order valence-corrected chi connectivity index (χ2v) is 5.16. The zero-order valence-corrected chi connectivity index (χ0v) is 12.6. The van der Waals surface area contributed by atoms with E-state index in [4.69, 9.17) is 0 Å². The molecule has 0 fully saturated rings. The molecule has 0 spiro atoms. The third kappa shape index (κ3) is 3.07. The molecule has 0 saturated heterocycles. The number of imidazole rings is 1. The molecule has 24 heavy (non-hydrogen) atoms. The average molecular weight is 338 g/mol. The highest BCUT2D eigenvalue weighted by molar-refractivity contribution is 6.01. The maximum atomic E-state index is 12.8. The summed E-state index contributed by atoms with van der Waals surface area (Å²) in [4.78, 5) is 20.8. The molecule has 0 aliphatic carbocycles. The van der Waals surface area contributed by atoms with Crippen molar-refractivity contribution in [3.05, 3.63) is 30.6 Å². The van der Waals surface area contributed by atoms with Crippen molar-refractivity contribution in [1.29, 1.82) is 0 Å². The smallest absolute Gasteiger partial charge is 0.371 e. The fourth-order valence-electron chi connectivity index (χ4n) is 2.38. The van der Waals surface area contributed by atoms with Gasteiger partial charge in [-0.05, 0) is 18.2 Å². The molecule has 10 heteroatoms. The number of hydrogen-bond acceptors (Lipinski definition) is 5. The molecule has 0 unspecified atom stereocenters. The van der Waals surface area contributed by atoms with Gasteiger partial charge in [0.15, 0.2) is 0 Å². The van der Waals surface area contributed by atoms with Crippen molar-refractivity contribution in [2.24, 2.45) is 10.2 Å². The van der Waals surface area contributed by atoms with Crippen molar-refractivity contribution in [1.82, 2.24) is 9.97 Å². The van der Waals surface area contributed by atoms with Crippen LogP contribution in [-0.2, 0) is 4.79 Å². The molecule has 1 aliphatic rings. The first-order chi connectivity index (χ1) is 11.4. The van der Waals surface area contributed by atoms with Crippen molar-refractivity contribution in [3.63, 3.8) is 0 Å². The summed E-state index contributed by atoms with van der Waals surface area (Å²) in [6.07, 6.45) is -1.86. The Morgan fingerprint density at radius 1 is 1.25 bits per heavy atom. The van der Waals surface area contributed by atoms with Gasteiger partial charge in [0.1, 0.15) is 0 Å². The van der Waals surface area contributed by atoms with E-state index >= 15 is 0 Å². The topological polar surface area (TPSA) is 76.9 Å². The molecule has 1 amide bonds. The fourth-order valence-corrected chi connectivity index (χ4v) is 2.38. The van der Waals surface area contributed by atoms with Crippen LogP contribution in [0.5, 0.6) is 0 Å². The van der Waals surface area contributed by atoms with Crippen LogP contribution in [0.4, 0.5) is 36.2 Å². The minimum Gasteiger partial charge on any atom is -0.371 e. The summed E-state index contributed by atoms with van der Waals surface area (Å²) in [7, 11) is 1.75. The number of halogens is 3. The van der Waals surface area contributed by atoms with Crippen molar-refractivity contribution in [3.8, 4) is 0 Å². The van der Waals surface area contributed by atoms with Crippen molar-refractivity contribution in [2.75, 3.05) is 29.9 Å². The maximum Gasteiger partial charge on any atom is 0.471 e. The summed E-state index contributed by atoms with van der Waals surface area (Å²) in [5.41, 5.74) is 0.998. The van der Waals surface area contributed by atoms with Gasteiger partial charge in [-0.3, -0.25) is 4.79 Å². The number of carbonyl (C=O) groups excluding carboxylic acids is 1. The molecule has 1 aliphatic heterocycles. The van der Waals surface area contributed by atoms with Crippen molar-refractivity contribution in [2.45, 2.75) is 6.18 Å². The van der Waals surface area contributed by atoms with E-state index in [1.165, 1.54) is 12.3 Å². The number of anilines is 2. The largest absolute Gasteiger partial charge is 0.471 e. The first-order valence-corrected chi connectivity index (χ1v) is 7.01. The number of benzene rings is 1. The van der Waals surface area contributed by atoms with Crippen LogP contribution in [0.1, 0.15) is 0 Å². The number of azo groups is 1. The number of carbonyl (C=O) groups is 1. The first-order valence-electron chi connectivity index (χ1n) is 7.01. The zero-order valence-electron chi connectivity index (χ0n) is 12.6. The van der Waals surface area contributed by atoms with E-state index in [0.717, 1.165) is 4.90 Å². The molecule has 1 aromatic carbocycles. The highest BCUT2D eigenvalue weighted by Crippen LogP contribution is 2.37. The lowest BCUT2D eigenvalue weighted by molar-refractivity contribution is -0.170. The number of amides is 1. The van der Waals surface area contributed by atoms with E-state index < -0.39 is 12.1 Å². The van der Waals surface area contributed by atoms with Gasteiger partial charge in [-0.1, -0.05) is 0 Å². The van der Waals surface area contributed by atoms with Gasteiger partial charge in [0.05, 0.1) is 17.1 Å². The number of nitrogens with zero attached hydrogens (tertiary/aromatic N) is 5. The van der Waals surface area contributed by atoms with Crippen LogP contribution in [0.25, 0.3) is 0 Å². The Bertz CT molecular complexity index is 771. The third-order valence-electron chi connectivity index (χ3n) is 3.55. The molecule has 3 rings (SSSR count). The Morgan fingerprint density at radius 3 is 2.71 bits per heavy atom. The Hall–Kier alpha value is -2.91. The number of rotatable bonds is 2. The SMILES string of the molecule is CN1CCN(C(=O)C(F)(F)F)c2cc(N=Nc3ncc[nH]3)ccc21. The standard InChI is InChI=1S/C14H13F3N6O/c1-22-6-7-23(12(24)14(15,16)17)11-8-9(2-3-10(11)22)20-21-13-18-4-5-19-13/h2-5,8H,6-7H2,1H3,(H,18,19). The molecular formula is C14H13F3N6O. The van der Waals surface area contributed by atoms with Gasteiger partial charge in [0.2, 0.25) is 5.95 Å². The van der Waals surface area contributed by atoms with Gasteiger partial charge in [-0.25, -0.2) is 4.98 Å². The lowest BCUT2D eigenvalue weighted by Gasteiger charge is -2.35. The predicted octanol–water partition coefficient (Wildman–Crippen LogP) is 3.17. The van der Waals surface area contributed by atoms with Crippen molar-refractivity contribution >= 4 is 28.9 Å². The highest BCUT2D eigenvalue weighted by Gasteiger charge is 2.44. The van der Waals surface area contributed by atoms with E-state index in [9.17, 15) is 18.0 Å². The second-order valence-electron chi connectivity index (χ2n) is 5.16. The summed E-state index contributed by atoms with van der Waals surface area (Å²) in [5, 5.41) is 7.77. The van der Waals surface area contributed by atoms with Crippen LogP contribution >= 0.6 is 0 Å². The molecule has 0 radical (unpaired) electrons. The van der Waals surface area contributed by atoms with Crippen LogP contribution in [0.15, 0.2) is 40.8 Å². The molecule has 2 heterocycles. The molecule has 1 N–H and O–H groups in total. The van der Waals surface area contributed by atoms with Gasteiger partial charge in [0, 0.05) is 32.5 Å². The maximum absolute atomic E-state index is 12.8. The predicted molar refractivity (Wildman–Crippen MR) is 80.9 cm³/mol. The van der Waals surface area contributed by atoms with E-state index in [1.807, 2.05) is 0 Å². The van der Waals surface area contributed by atoms with Gasteiger partial charge < -0.3 is 14.8 Å². The first kappa shape index (κ1) is 16.0. The minimum atomic E-state index is -4.93. The van der Waals surface area contributed by atoms with Gasteiger partial charge in [0.25, 0.3) is 0 Å². The number of H-pyrrole nitrogens is 1. The molecule has 0 bridgehead atoms. The van der Waals surface area contributed by atoms with Crippen LogP contribution in [-0.4, -0.2) is 42.2 Å². The lowest BCUT2D eigenvalue weighted by Crippen LogP contribution is -2.48. The zero-order chi connectivity index (χ0) is 17.3. The van der Waals surface area contributed by atoms with Crippen LogP contribution in [0.2, 0.25) is 0 Å². The fraction of sp³-hybridized carbons (Fsp3) is 0.286. The molecule has 1 aromatic heterocycles. The number of fused-ring (bicyclic) bond motifs is 1. The van der Waals surface area contributed by atoms with Gasteiger partial charge in [-0.15, -0.1) is 10.2 Å². The minimum absolute atomic E-state index is 0.0549. The summed E-state index contributed by atoms with van der Waals surface area (Å²) < 4.78 is 38.4. The Labute approximate surface area is 134 Å². The summed E-state index contributed by atoms with van der Waals surface area (Å²) in [6, 6.07) is 4.63. The van der Waals surface area contributed by atoms with Gasteiger partial charge in [-0.2, -0.15) is 13.2 Å². The molecule has 0 saturated carbocycles.